The molecule has 1 aromatic heterocycles. The standard InChI is InChI=1S/C15H16N2O6/c18-5-9-13(21)14(22)15(23-9)17-4-6-1-2-16-7-3-8(19)12(20)11(17)10(6)7/h3-4,9,13-16,18,21-22H,1-2,5H2/t9-,13?,14?,15-/m1/s1. The van der Waals surface area contributed by atoms with Crippen LogP contribution < -0.4 is 5.32 Å². The smallest absolute Gasteiger partial charge is 0.250 e. The second-order valence-corrected chi connectivity index (χ2v) is 5.94. The molecule has 1 aliphatic carbocycles. The second-order valence-electron chi connectivity index (χ2n) is 5.94. The third-order valence-electron chi connectivity index (χ3n) is 4.60. The van der Waals surface area contributed by atoms with Gasteiger partial charge in [0.05, 0.1) is 6.61 Å². The molecule has 0 bridgehead atoms. The van der Waals surface area contributed by atoms with Crippen molar-refractivity contribution in [3.8, 4) is 0 Å². The Morgan fingerprint density at radius 2 is 2.09 bits per heavy atom. The first-order chi connectivity index (χ1) is 11.0. The van der Waals surface area contributed by atoms with Crippen LogP contribution in [-0.4, -0.2) is 62.9 Å². The Kier molecular flexibility index (Phi) is 3.17. The first-order valence-electron chi connectivity index (χ1n) is 7.43. The number of aliphatic hydroxyl groups is 3. The minimum Gasteiger partial charge on any atom is -0.394 e. The van der Waals surface area contributed by atoms with Crippen molar-refractivity contribution in [2.24, 2.45) is 0 Å². The number of carbonyl (C=O) groups is 2. The van der Waals surface area contributed by atoms with Crippen LogP contribution in [0, 0.1) is 0 Å². The van der Waals surface area contributed by atoms with Crippen LogP contribution in [0.25, 0.3) is 5.70 Å². The average Bonchev–Trinajstić information content (AvgIpc) is 3.05. The molecule has 2 unspecified atom stereocenters. The molecule has 2 aliphatic heterocycles. The van der Waals surface area contributed by atoms with Crippen LogP contribution in [0.1, 0.15) is 27.8 Å². The summed E-state index contributed by atoms with van der Waals surface area (Å²) in [5, 5.41) is 32.4. The molecule has 0 amide bonds. The Labute approximate surface area is 131 Å². The van der Waals surface area contributed by atoms with E-state index in [0.717, 1.165) is 5.56 Å². The summed E-state index contributed by atoms with van der Waals surface area (Å²) in [6.45, 7) is 0.185. The summed E-state index contributed by atoms with van der Waals surface area (Å²) in [7, 11) is 0. The summed E-state index contributed by atoms with van der Waals surface area (Å²) >= 11 is 0. The van der Waals surface area contributed by atoms with Gasteiger partial charge in [-0.15, -0.1) is 0 Å². The molecule has 1 aromatic rings. The maximum atomic E-state index is 12.3. The van der Waals surface area contributed by atoms with Crippen LogP contribution in [-0.2, 0) is 16.0 Å². The number of aromatic nitrogens is 1. The number of ketones is 2. The summed E-state index contributed by atoms with van der Waals surface area (Å²) in [5.74, 6) is -1.31. The lowest BCUT2D eigenvalue weighted by Gasteiger charge is -2.23. The van der Waals surface area contributed by atoms with Gasteiger partial charge < -0.3 is 29.9 Å². The van der Waals surface area contributed by atoms with Crippen molar-refractivity contribution < 1.29 is 29.6 Å². The highest BCUT2D eigenvalue weighted by Gasteiger charge is 2.46. The van der Waals surface area contributed by atoms with Crippen LogP contribution in [0.3, 0.4) is 0 Å². The van der Waals surface area contributed by atoms with E-state index < -0.39 is 42.7 Å². The number of hydrogen-bond acceptors (Lipinski definition) is 7. The molecule has 3 aliphatic rings. The summed E-state index contributed by atoms with van der Waals surface area (Å²) in [5.41, 5.74) is 2.28. The summed E-state index contributed by atoms with van der Waals surface area (Å²) in [6.07, 6.45) is -0.904. The first-order valence-corrected chi connectivity index (χ1v) is 7.43. The van der Waals surface area contributed by atoms with Crippen molar-refractivity contribution in [3.05, 3.63) is 29.1 Å². The highest BCUT2D eigenvalue weighted by molar-refractivity contribution is 6.50. The van der Waals surface area contributed by atoms with E-state index in [1.807, 2.05) is 0 Å². The van der Waals surface area contributed by atoms with E-state index in [1.54, 1.807) is 6.20 Å². The van der Waals surface area contributed by atoms with Crippen LogP contribution in [0.5, 0.6) is 0 Å². The highest BCUT2D eigenvalue weighted by Crippen LogP contribution is 2.37. The molecular weight excluding hydrogens is 304 g/mol. The van der Waals surface area contributed by atoms with Gasteiger partial charge in [0.15, 0.2) is 6.23 Å². The van der Waals surface area contributed by atoms with E-state index in [9.17, 15) is 24.9 Å². The Balaban J connectivity index is 1.85. The third kappa shape index (κ3) is 1.93. The number of nitrogens with zero attached hydrogens (tertiary/aromatic N) is 1. The Hall–Kier alpha value is -2.00. The zero-order valence-corrected chi connectivity index (χ0v) is 12.1. The lowest BCUT2D eigenvalue weighted by atomic mass is 9.93. The van der Waals surface area contributed by atoms with Gasteiger partial charge in [-0.2, -0.15) is 0 Å². The van der Waals surface area contributed by atoms with E-state index in [2.05, 4.69) is 5.32 Å². The summed E-state index contributed by atoms with van der Waals surface area (Å²) in [4.78, 5) is 24.3. The minimum absolute atomic E-state index is 0.157. The van der Waals surface area contributed by atoms with E-state index in [-0.39, 0.29) is 5.69 Å². The van der Waals surface area contributed by atoms with Crippen molar-refractivity contribution >= 4 is 17.3 Å². The third-order valence-corrected chi connectivity index (χ3v) is 4.60. The highest BCUT2D eigenvalue weighted by atomic mass is 16.6. The van der Waals surface area contributed by atoms with Crippen molar-refractivity contribution in [1.29, 1.82) is 0 Å². The normalized spacial score (nSPS) is 32.6. The molecule has 0 aromatic carbocycles. The summed E-state index contributed by atoms with van der Waals surface area (Å²) in [6, 6.07) is 0. The zero-order valence-electron chi connectivity index (χ0n) is 12.1. The van der Waals surface area contributed by atoms with Crippen molar-refractivity contribution in [2.45, 2.75) is 31.0 Å². The topological polar surface area (TPSA) is 121 Å². The Morgan fingerprint density at radius 1 is 1.30 bits per heavy atom. The Morgan fingerprint density at radius 3 is 2.78 bits per heavy atom. The lowest BCUT2D eigenvalue weighted by Crippen LogP contribution is -2.34. The van der Waals surface area contributed by atoms with Gasteiger partial charge in [-0.25, -0.2) is 0 Å². The molecule has 0 saturated carbocycles. The van der Waals surface area contributed by atoms with Gasteiger partial charge in [0.2, 0.25) is 11.6 Å². The fourth-order valence-electron chi connectivity index (χ4n) is 3.47. The minimum atomic E-state index is -1.30. The fourth-order valence-corrected chi connectivity index (χ4v) is 3.47. The van der Waals surface area contributed by atoms with E-state index in [0.29, 0.717) is 24.2 Å². The molecule has 8 heteroatoms. The van der Waals surface area contributed by atoms with Crippen LogP contribution >= 0.6 is 0 Å². The van der Waals surface area contributed by atoms with Gasteiger partial charge in [0, 0.05) is 30.1 Å². The number of Topliss-reactive ketones (excluding diaryl/α,β-unsaturated/α-hetero) is 1. The number of nitrogens with one attached hydrogen (secondary N) is 1. The molecule has 23 heavy (non-hydrogen) atoms. The molecule has 4 atom stereocenters. The first kappa shape index (κ1) is 14.6. The van der Waals surface area contributed by atoms with Crippen molar-refractivity contribution in [3.63, 3.8) is 0 Å². The molecular formula is C15H16N2O6. The lowest BCUT2D eigenvalue weighted by molar-refractivity contribution is -0.111. The van der Waals surface area contributed by atoms with Crippen LogP contribution in [0.4, 0.5) is 0 Å². The molecule has 0 radical (unpaired) electrons. The number of rotatable bonds is 2. The zero-order chi connectivity index (χ0) is 16.3. The Bertz CT molecular complexity index is 737. The molecule has 0 spiro atoms. The quantitative estimate of drug-likeness (QED) is 0.482. The van der Waals surface area contributed by atoms with Gasteiger partial charge >= 0.3 is 0 Å². The number of hydrogen-bond donors (Lipinski definition) is 4. The predicted octanol–water partition coefficient (Wildman–Crippen LogP) is -1.65. The van der Waals surface area contributed by atoms with E-state index in [4.69, 9.17) is 4.74 Å². The number of carbonyl (C=O) groups excluding carboxylic acids is 2. The van der Waals surface area contributed by atoms with Gasteiger partial charge in [0.25, 0.3) is 0 Å². The molecule has 122 valence electrons. The van der Waals surface area contributed by atoms with E-state index >= 15 is 0 Å². The van der Waals surface area contributed by atoms with Crippen molar-refractivity contribution in [1.82, 2.24) is 9.88 Å². The maximum absolute atomic E-state index is 12.3. The SMILES string of the molecule is O=C1C=C2NCCc3cn([C@@H]4O[C@H](CO)C(O)C4O)c(c32)C1=O. The van der Waals surface area contributed by atoms with Gasteiger partial charge in [0.1, 0.15) is 24.0 Å². The monoisotopic (exact) mass is 320 g/mol. The predicted molar refractivity (Wildman–Crippen MR) is 76.5 cm³/mol. The van der Waals surface area contributed by atoms with Crippen molar-refractivity contribution in [2.75, 3.05) is 13.2 Å². The van der Waals surface area contributed by atoms with Gasteiger partial charge in [-0.3, -0.25) is 9.59 Å². The largest absolute Gasteiger partial charge is 0.394 e. The molecule has 4 N–H and O–H groups in total. The number of aliphatic hydroxyl groups excluding tert-OH is 3. The second kappa shape index (κ2) is 5.00. The average molecular weight is 320 g/mol. The van der Waals surface area contributed by atoms with Gasteiger partial charge in [-0.1, -0.05) is 0 Å². The number of allylic oxidation sites excluding steroid dienone is 1. The molecule has 3 heterocycles. The van der Waals surface area contributed by atoms with Gasteiger partial charge in [-0.05, 0) is 12.0 Å². The summed E-state index contributed by atoms with van der Waals surface area (Å²) < 4.78 is 6.91. The fraction of sp³-hybridized carbons (Fsp3) is 0.467. The molecule has 1 saturated heterocycles. The van der Waals surface area contributed by atoms with E-state index in [1.165, 1.54) is 10.6 Å². The molecule has 1 fully saturated rings. The van der Waals surface area contributed by atoms with Crippen LogP contribution in [0.2, 0.25) is 0 Å². The maximum Gasteiger partial charge on any atom is 0.250 e. The van der Waals surface area contributed by atoms with Crippen LogP contribution in [0.15, 0.2) is 12.3 Å². The number of ether oxygens (including phenoxy) is 1. The molecule has 8 nitrogen and oxygen atoms in total. The molecule has 4 rings (SSSR count).